The molecule has 2 fully saturated rings. The lowest BCUT2D eigenvalue weighted by Gasteiger charge is -2.42. The molecule has 0 bridgehead atoms. The van der Waals surface area contributed by atoms with Gasteiger partial charge in [0.2, 0.25) is 5.91 Å². The number of amides is 4. The molecule has 2 aliphatic heterocycles. The molecule has 190 valence electrons. The fourth-order valence-corrected chi connectivity index (χ4v) is 6.08. The summed E-state index contributed by atoms with van der Waals surface area (Å²) >= 11 is -1.50. The number of hydrogen-bond acceptors (Lipinski definition) is 7. The van der Waals surface area contributed by atoms with E-state index in [2.05, 4.69) is 10.0 Å². The number of hydrogen-bond donors (Lipinski definition) is 2. The van der Waals surface area contributed by atoms with Crippen molar-refractivity contribution in [2.75, 3.05) is 13.2 Å². The zero-order valence-electron chi connectivity index (χ0n) is 20.4. The number of fused-ring (bicyclic) bond motifs is 1. The second-order valence-electron chi connectivity index (χ2n) is 10.5. The molecule has 0 saturated carbocycles. The third-order valence-corrected chi connectivity index (χ3v) is 8.66. The molecule has 1 unspecified atom stereocenters. The summed E-state index contributed by atoms with van der Waals surface area (Å²) in [5.41, 5.74) is 0.914. The van der Waals surface area contributed by atoms with Gasteiger partial charge in [-0.3, -0.25) is 24.6 Å². The number of carbonyl (C=O) groups is 4. The van der Waals surface area contributed by atoms with E-state index >= 15 is 0 Å². The number of urea groups is 1. The van der Waals surface area contributed by atoms with Gasteiger partial charge in [0.1, 0.15) is 4.75 Å². The SMILES string of the molecule is CC(C)(C)[S@+]([O-])N[C@@]1(CC(=O)C2C(=O)NC(=O)N(C3CCOCC3)C2=O)CCCc2ccccc21. The fraction of sp³-hybridized carbons (Fsp3) is 0.600. The summed E-state index contributed by atoms with van der Waals surface area (Å²) in [4.78, 5) is 53.3. The Hall–Kier alpha value is -2.27. The van der Waals surface area contributed by atoms with E-state index in [1.54, 1.807) is 0 Å². The smallest absolute Gasteiger partial charge is 0.331 e. The van der Waals surface area contributed by atoms with Crippen LogP contribution in [-0.4, -0.2) is 57.1 Å². The van der Waals surface area contributed by atoms with Crippen LogP contribution in [-0.2, 0) is 42.4 Å². The number of barbiturate groups is 1. The zero-order valence-corrected chi connectivity index (χ0v) is 21.2. The number of rotatable bonds is 6. The van der Waals surface area contributed by atoms with E-state index < -0.39 is 57.2 Å². The summed E-state index contributed by atoms with van der Waals surface area (Å²) in [6.45, 7) is 6.33. The van der Waals surface area contributed by atoms with Gasteiger partial charge in [-0.05, 0) is 64.0 Å². The Bertz CT molecular complexity index is 1020. The van der Waals surface area contributed by atoms with Crippen molar-refractivity contribution in [1.29, 1.82) is 0 Å². The van der Waals surface area contributed by atoms with E-state index in [4.69, 9.17) is 4.74 Å². The lowest BCUT2D eigenvalue weighted by atomic mass is 9.73. The van der Waals surface area contributed by atoms with Crippen molar-refractivity contribution in [1.82, 2.24) is 14.9 Å². The molecule has 1 aromatic rings. The van der Waals surface area contributed by atoms with Crippen molar-refractivity contribution in [3.8, 4) is 0 Å². The molecule has 2 saturated heterocycles. The molecule has 2 N–H and O–H groups in total. The van der Waals surface area contributed by atoms with E-state index in [-0.39, 0.29) is 6.42 Å². The highest BCUT2D eigenvalue weighted by atomic mass is 32.2. The van der Waals surface area contributed by atoms with Gasteiger partial charge < -0.3 is 9.29 Å². The van der Waals surface area contributed by atoms with Crippen molar-refractivity contribution in [2.24, 2.45) is 5.92 Å². The van der Waals surface area contributed by atoms with Crippen LogP contribution in [0.2, 0.25) is 0 Å². The molecule has 0 radical (unpaired) electrons. The number of carbonyl (C=O) groups excluding carboxylic acids is 4. The maximum atomic E-state index is 13.7. The van der Waals surface area contributed by atoms with Crippen LogP contribution in [0.15, 0.2) is 24.3 Å². The number of aryl methyl sites for hydroxylation is 1. The van der Waals surface area contributed by atoms with E-state index in [1.807, 2.05) is 45.0 Å². The number of ether oxygens (including phenoxy) is 1. The molecule has 4 amide bonds. The highest BCUT2D eigenvalue weighted by molar-refractivity contribution is 7.90. The van der Waals surface area contributed by atoms with Crippen LogP contribution in [0.1, 0.15) is 64.0 Å². The molecule has 0 aromatic heterocycles. The summed E-state index contributed by atoms with van der Waals surface area (Å²) in [7, 11) is 0. The van der Waals surface area contributed by atoms with Gasteiger partial charge in [0.05, 0.1) is 5.54 Å². The average molecular weight is 504 g/mol. The number of ketones is 1. The normalized spacial score (nSPS) is 26.8. The van der Waals surface area contributed by atoms with Gasteiger partial charge in [0.25, 0.3) is 5.91 Å². The van der Waals surface area contributed by atoms with Gasteiger partial charge in [0, 0.05) is 37.0 Å². The molecular weight excluding hydrogens is 470 g/mol. The van der Waals surface area contributed by atoms with Crippen molar-refractivity contribution >= 4 is 35.0 Å². The molecule has 4 rings (SSSR count). The molecule has 35 heavy (non-hydrogen) atoms. The first-order valence-electron chi connectivity index (χ1n) is 12.1. The minimum Gasteiger partial charge on any atom is -0.598 e. The molecule has 10 heteroatoms. The van der Waals surface area contributed by atoms with E-state index in [1.165, 1.54) is 0 Å². The maximum Gasteiger partial charge on any atom is 0.331 e. The Morgan fingerprint density at radius 3 is 2.60 bits per heavy atom. The predicted molar refractivity (Wildman–Crippen MR) is 129 cm³/mol. The molecule has 3 atom stereocenters. The van der Waals surface area contributed by atoms with Crippen LogP contribution in [0.4, 0.5) is 4.79 Å². The van der Waals surface area contributed by atoms with Crippen LogP contribution in [0.25, 0.3) is 0 Å². The summed E-state index contributed by atoms with van der Waals surface area (Å²) in [6, 6.07) is 6.48. The predicted octanol–water partition coefficient (Wildman–Crippen LogP) is 2.10. The van der Waals surface area contributed by atoms with Gasteiger partial charge in [-0.25, -0.2) is 4.79 Å². The average Bonchev–Trinajstić information content (AvgIpc) is 2.79. The summed E-state index contributed by atoms with van der Waals surface area (Å²) in [5, 5.41) is 2.21. The highest BCUT2D eigenvalue weighted by Crippen LogP contribution is 2.41. The quantitative estimate of drug-likeness (QED) is 0.449. The maximum absolute atomic E-state index is 13.7. The first-order chi connectivity index (χ1) is 16.5. The molecule has 0 spiro atoms. The van der Waals surface area contributed by atoms with Gasteiger partial charge in [-0.1, -0.05) is 24.3 Å². The second-order valence-corrected chi connectivity index (χ2v) is 12.5. The van der Waals surface area contributed by atoms with Crippen molar-refractivity contribution < 1.29 is 28.5 Å². The van der Waals surface area contributed by atoms with Crippen molar-refractivity contribution in [3.05, 3.63) is 35.4 Å². The topological polar surface area (TPSA) is 128 Å². The highest BCUT2D eigenvalue weighted by Gasteiger charge is 2.51. The third kappa shape index (κ3) is 5.16. The van der Waals surface area contributed by atoms with Crippen molar-refractivity contribution in [2.45, 2.75) is 75.6 Å². The van der Waals surface area contributed by atoms with Crippen LogP contribution >= 0.6 is 0 Å². The lowest BCUT2D eigenvalue weighted by molar-refractivity contribution is -0.150. The molecule has 2 heterocycles. The summed E-state index contributed by atoms with van der Waals surface area (Å²) < 4.78 is 21.2. The standard InChI is InChI=1S/C25H33N3O6S/c1-24(2,3)35(33)27-25(12-6-8-16-7-4-5-9-18(16)25)15-19(29)20-21(30)26-23(32)28(22(20)31)17-10-13-34-14-11-17/h4-5,7,9,17,20,27H,6,8,10-15H2,1-3H3,(H,26,30,32)/t20?,25-,35+/m1/s1. The molecule has 9 nitrogen and oxygen atoms in total. The molecular formula is C25H33N3O6S. The van der Waals surface area contributed by atoms with Gasteiger partial charge in [-0.2, -0.15) is 0 Å². The Morgan fingerprint density at radius 2 is 1.91 bits per heavy atom. The number of benzene rings is 1. The first kappa shape index (κ1) is 25.8. The molecule has 3 aliphatic rings. The first-order valence-corrected chi connectivity index (χ1v) is 13.2. The van der Waals surface area contributed by atoms with E-state index in [0.717, 1.165) is 28.9 Å². The Kier molecular flexibility index (Phi) is 7.38. The van der Waals surface area contributed by atoms with Gasteiger partial charge in [-0.15, -0.1) is 4.72 Å². The monoisotopic (exact) mass is 503 g/mol. The number of nitrogens with one attached hydrogen (secondary N) is 2. The number of Topliss-reactive ketones (excluding diaryl/α,β-unsaturated/α-hetero) is 1. The molecule has 1 aliphatic carbocycles. The largest absolute Gasteiger partial charge is 0.598 e. The van der Waals surface area contributed by atoms with E-state index in [9.17, 15) is 23.7 Å². The van der Waals surface area contributed by atoms with Crippen LogP contribution in [0.3, 0.4) is 0 Å². The Morgan fingerprint density at radius 1 is 1.23 bits per heavy atom. The number of imide groups is 2. The Balaban J connectivity index is 1.65. The minimum absolute atomic E-state index is 0.189. The van der Waals surface area contributed by atoms with Gasteiger partial charge in [0.15, 0.2) is 11.7 Å². The second kappa shape index (κ2) is 10.0. The minimum atomic E-state index is -1.62. The third-order valence-electron chi connectivity index (χ3n) is 6.98. The summed E-state index contributed by atoms with van der Waals surface area (Å²) in [6.07, 6.45) is 2.84. The van der Waals surface area contributed by atoms with Crippen LogP contribution in [0, 0.1) is 5.92 Å². The Labute approximate surface area is 208 Å². The van der Waals surface area contributed by atoms with Crippen molar-refractivity contribution in [3.63, 3.8) is 0 Å². The zero-order chi connectivity index (χ0) is 25.4. The lowest BCUT2D eigenvalue weighted by Crippen LogP contribution is -2.64. The number of nitrogens with zero attached hydrogens (tertiary/aromatic N) is 1. The van der Waals surface area contributed by atoms with Crippen LogP contribution in [0.5, 0.6) is 0 Å². The molecule has 1 aromatic carbocycles. The fourth-order valence-electron chi connectivity index (χ4n) is 5.14. The van der Waals surface area contributed by atoms with Crippen LogP contribution < -0.4 is 10.0 Å². The summed E-state index contributed by atoms with van der Waals surface area (Å²) in [5.74, 6) is -3.89. The van der Waals surface area contributed by atoms with Gasteiger partial charge >= 0.3 is 6.03 Å². The van der Waals surface area contributed by atoms with E-state index in [0.29, 0.717) is 32.5 Å².